The molecule has 1 saturated carbocycles. The highest BCUT2D eigenvalue weighted by atomic mass is 16.5. The minimum atomic E-state index is -0.955. The van der Waals surface area contributed by atoms with Gasteiger partial charge in [-0.3, -0.25) is 4.79 Å². The average molecular weight is 327 g/mol. The summed E-state index contributed by atoms with van der Waals surface area (Å²) in [6, 6.07) is 10.8. The van der Waals surface area contributed by atoms with Gasteiger partial charge in [0, 0.05) is 0 Å². The van der Waals surface area contributed by atoms with Gasteiger partial charge >= 0.3 is 5.97 Å². The summed E-state index contributed by atoms with van der Waals surface area (Å²) in [5.41, 5.74) is 0.866. The molecule has 1 aliphatic rings. The van der Waals surface area contributed by atoms with Gasteiger partial charge in [0.25, 0.3) is 0 Å². The zero-order chi connectivity index (χ0) is 17.3. The Morgan fingerprint density at radius 3 is 2.46 bits per heavy atom. The second-order valence-corrected chi connectivity index (χ2v) is 6.36. The number of aliphatic carboxylic acids is 1. The SMILES string of the molecule is COc1ccc2cc(C(C)C(=O)NC(C(=O)O)C3CC3)ccc2c1. The summed E-state index contributed by atoms with van der Waals surface area (Å²) < 4.78 is 5.21. The van der Waals surface area contributed by atoms with Crippen LogP contribution in [0.3, 0.4) is 0 Å². The minimum absolute atomic E-state index is 0.0720. The molecule has 1 aliphatic carbocycles. The third-order valence-corrected chi connectivity index (χ3v) is 4.62. The van der Waals surface area contributed by atoms with Crippen LogP contribution in [0.4, 0.5) is 0 Å². The Labute approximate surface area is 140 Å². The van der Waals surface area contributed by atoms with Gasteiger partial charge in [0.15, 0.2) is 0 Å². The van der Waals surface area contributed by atoms with E-state index in [9.17, 15) is 14.7 Å². The van der Waals surface area contributed by atoms with Crippen LogP contribution in [0.15, 0.2) is 36.4 Å². The van der Waals surface area contributed by atoms with Crippen molar-refractivity contribution in [1.29, 1.82) is 0 Å². The second kappa shape index (κ2) is 6.51. The molecule has 2 atom stereocenters. The first-order valence-electron chi connectivity index (χ1n) is 8.10. The molecule has 2 N–H and O–H groups in total. The Balaban J connectivity index is 1.78. The Bertz CT molecular complexity index is 782. The number of carbonyl (C=O) groups excluding carboxylic acids is 1. The van der Waals surface area contributed by atoms with Crippen molar-refractivity contribution in [2.45, 2.75) is 31.7 Å². The lowest BCUT2D eigenvalue weighted by atomic mass is 9.96. The van der Waals surface area contributed by atoms with E-state index in [1.807, 2.05) is 36.4 Å². The van der Waals surface area contributed by atoms with E-state index < -0.39 is 17.9 Å². The first-order chi connectivity index (χ1) is 11.5. The first kappa shape index (κ1) is 16.3. The summed E-state index contributed by atoms with van der Waals surface area (Å²) in [4.78, 5) is 23.7. The van der Waals surface area contributed by atoms with E-state index in [0.29, 0.717) is 0 Å². The molecule has 2 aromatic carbocycles. The van der Waals surface area contributed by atoms with Crippen molar-refractivity contribution in [2.24, 2.45) is 5.92 Å². The topological polar surface area (TPSA) is 75.6 Å². The standard InChI is InChI=1S/C19H21NO4/c1-11(18(21)20-17(19(22)23)12-3-4-12)13-5-6-15-10-16(24-2)8-7-14(15)9-13/h5-12,17H,3-4H2,1-2H3,(H,20,21)(H,22,23). The van der Waals surface area contributed by atoms with Gasteiger partial charge in [-0.05, 0) is 54.2 Å². The van der Waals surface area contributed by atoms with E-state index in [-0.39, 0.29) is 11.8 Å². The zero-order valence-corrected chi connectivity index (χ0v) is 13.8. The van der Waals surface area contributed by atoms with Crippen LogP contribution < -0.4 is 10.1 Å². The molecule has 0 spiro atoms. The van der Waals surface area contributed by atoms with Crippen molar-refractivity contribution < 1.29 is 19.4 Å². The van der Waals surface area contributed by atoms with E-state index >= 15 is 0 Å². The number of rotatable bonds is 6. The lowest BCUT2D eigenvalue weighted by Crippen LogP contribution is -2.44. The molecule has 126 valence electrons. The van der Waals surface area contributed by atoms with Crippen molar-refractivity contribution >= 4 is 22.6 Å². The van der Waals surface area contributed by atoms with Gasteiger partial charge < -0.3 is 15.2 Å². The Hall–Kier alpha value is -2.56. The molecule has 5 heteroatoms. The van der Waals surface area contributed by atoms with Crippen molar-refractivity contribution in [3.05, 3.63) is 42.0 Å². The Kier molecular flexibility index (Phi) is 4.42. The number of benzene rings is 2. The molecule has 2 aromatic rings. The molecule has 0 heterocycles. The minimum Gasteiger partial charge on any atom is -0.497 e. The predicted octanol–water partition coefficient (Wildman–Crippen LogP) is 2.93. The molecule has 1 fully saturated rings. The smallest absolute Gasteiger partial charge is 0.326 e. The Morgan fingerprint density at radius 1 is 1.17 bits per heavy atom. The number of carbonyl (C=O) groups is 2. The molecule has 0 saturated heterocycles. The number of amides is 1. The number of carboxylic acids is 1. The van der Waals surface area contributed by atoms with Crippen molar-refractivity contribution in [3.63, 3.8) is 0 Å². The van der Waals surface area contributed by atoms with Crippen LogP contribution in [0, 0.1) is 5.92 Å². The van der Waals surface area contributed by atoms with E-state index in [1.165, 1.54) is 0 Å². The summed E-state index contributed by atoms with van der Waals surface area (Å²) in [5, 5.41) is 14.0. The fraction of sp³-hybridized carbons (Fsp3) is 0.368. The maximum atomic E-state index is 12.4. The third-order valence-electron chi connectivity index (χ3n) is 4.62. The molecule has 3 rings (SSSR count). The molecule has 0 aliphatic heterocycles. The molecule has 0 aromatic heterocycles. The summed E-state index contributed by atoms with van der Waals surface area (Å²) in [6.07, 6.45) is 1.73. The number of hydrogen-bond donors (Lipinski definition) is 2. The highest BCUT2D eigenvalue weighted by Crippen LogP contribution is 2.33. The fourth-order valence-electron chi connectivity index (χ4n) is 2.88. The molecule has 5 nitrogen and oxygen atoms in total. The molecule has 0 bridgehead atoms. The van der Waals surface area contributed by atoms with Crippen molar-refractivity contribution in [1.82, 2.24) is 5.32 Å². The Morgan fingerprint density at radius 2 is 1.83 bits per heavy atom. The molecule has 24 heavy (non-hydrogen) atoms. The number of methoxy groups -OCH3 is 1. The van der Waals surface area contributed by atoms with Gasteiger partial charge in [-0.25, -0.2) is 4.79 Å². The van der Waals surface area contributed by atoms with Gasteiger partial charge in [0.2, 0.25) is 5.91 Å². The van der Waals surface area contributed by atoms with Crippen molar-refractivity contribution in [3.8, 4) is 5.75 Å². The monoisotopic (exact) mass is 327 g/mol. The number of hydrogen-bond acceptors (Lipinski definition) is 3. The lowest BCUT2D eigenvalue weighted by Gasteiger charge is -2.18. The normalized spacial score (nSPS) is 16.4. The first-order valence-corrected chi connectivity index (χ1v) is 8.10. The number of nitrogens with one attached hydrogen (secondary N) is 1. The van der Waals surface area contributed by atoms with Crippen LogP contribution in [0.2, 0.25) is 0 Å². The largest absolute Gasteiger partial charge is 0.497 e. The van der Waals surface area contributed by atoms with Crippen LogP contribution in [-0.2, 0) is 9.59 Å². The zero-order valence-electron chi connectivity index (χ0n) is 13.8. The molecular formula is C19H21NO4. The summed E-state index contributed by atoms with van der Waals surface area (Å²) in [7, 11) is 1.63. The molecule has 0 radical (unpaired) electrons. The fourth-order valence-corrected chi connectivity index (χ4v) is 2.88. The molecular weight excluding hydrogens is 306 g/mol. The van der Waals surface area contributed by atoms with Gasteiger partial charge in [-0.15, -0.1) is 0 Å². The van der Waals surface area contributed by atoms with Crippen LogP contribution in [0.1, 0.15) is 31.2 Å². The van der Waals surface area contributed by atoms with E-state index in [4.69, 9.17) is 4.74 Å². The quantitative estimate of drug-likeness (QED) is 0.855. The number of carboxylic acid groups (broad SMARTS) is 1. The summed E-state index contributed by atoms with van der Waals surface area (Å²) in [6.45, 7) is 1.80. The van der Waals surface area contributed by atoms with Gasteiger partial charge in [-0.1, -0.05) is 24.3 Å². The van der Waals surface area contributed by atoms with Crippen LogP contribution in [0.25, 0.3) is 10.8 Å². The highest BCUT2D eigenvalue weighted by molar-refractivity contribution is 5.90. The summed E-state index contributed by atoms with van der Waals surface area (Å²) >= 11 is 0. The number of fused-ring (bicyclic) bond motifs is 1. The average Bonchev–Trinajstić information content (AvgIpc) is 3.42. The van der Waals surface area contributed by atoms with E-state index in [2.05, 4.69) is 5.32 Å². The van der Waals surface area contributed by atoms with Gasteiger partial charge in [0.1, 0.15) is 11.8 Å². The maximum absolute atomic E-state index is 12.4. The van der Waals surface area contributed by atoms with Crippen molar-refractivity contribution in [2.75, 3.05) is 7.11 Å². The molecule has 1 amide bonds. The van der Waals surface area contributed by atoms with Gasteiger partial charge in [0.05, 0.1) is 13.0 Å². The van der Waals surface area contributed by atoms with Crippen LogP contribution in [-0.4, -0.2) is 30.1 Å². The number of ether oxygens (including phenoxy) is 1. The predicted molar refractivity (Wildman–Crippen MR) is 91.2 cm³/mol. The van der Waals surface area contributed by atoms with Crippen LogP contribution in [0.5, 0.6) is 5.75 Å². The van der Waals surface area contributed by atoms with Crippen LogP contribution >= 0.6 is 0 Å². The van der Waals surface area contributed by atoms with E-state index in [0.717, 1.165) is 34.9 Å². The highest BCUT2D eigenvalue weighted by Gasteiger charge is 2.37. The maximum Gasteiger partial charge on any atom is 0.326 e. The summed E-state index contributed by atoms with van der Waals surface area (Å²) in [5.74, 6) is -0.750. The van der Waals surface area contributed by atoms with Gasteiger partial charge in [-0.2, -0.15) is 0 Å². The second-order valence-electron chi connectivity index (χ2n) is 6.36. The third kappa shape index (κ3) is 3.35. The lowest BCUT2D eigenvalue weighted by molar-refractivity contribution is -0.142. The molecule has 2 unspecified atom stereocenters. The van der Waals surface area contributed by atoms with E-state index in [1.54, 1.807) is 14.0 Å².